The van der Waals surface area contributed by atoms with Crippen molar-refractivity contribution in [2.75, 3.05) is 33.2 Å². The van der Waals surface area contributed by atoms with E-state index in [2.05, 4.69) is 0 Å². The average Bonchev–Trinajstić information content (AvgIpc) is 3.45. The van der Waals surface area contributed by atoms with Crippen LogP contribution in [-0.4, -0.2) is 71.4 Å². The first-order chi connectivity index (χ1) is 21.6. The summed E-state index contributed by atoms with van der Waals surface area (Å²) in [6.45, 7) is 7.06. The molecule has 3 amide bonds. The molecule has 0 aliphatic carbocycles. The summed E-state index contributed by atoms with van der Waals surface area (Å²) >= 11 is 0. The van der Waals surface area contributed by atoms with Crippen LogP contribution < -0.4 is 0 Å². The second-order valence-corrected chi connectivity index (χ2v) is 13.3. The van der Waals surface area contributed by atoms with Crippen molar-refractivity contribution < 1.29 is 49.9 Å². The van der Waals surface area contributed by atoms with Gasteiger partial charge in [-0.05, 0) is 87.6 Å². The van der Waals surface area contributed by atoms with Crippen molar-refractivity contribution >= 4 is 17.9 Å². The minimum atomic E-state index is -5.04. The Morgan fingerprint density at radius 3 is 2.02 bits per heavy atom. The third kappa shape index (κ3) is 8.75. The molecule has 2 aromatic carbocycles. The zero-order valence-electron chi connectivity index (χ0n) is 26.8. The lowest BCUT2D eigenvalue weighted by Gasteiger charge is -2.41. The van der Waals surface area contributed by atoms with E-state index in [0.717, 1.165) is 4.90 Å². The Bertz CT molecular complexity index is 1470. The molecule has 0 aromatic heterocycles. The first-order valence-electron chi connectivity index (χ1n) is 15.2. The van der Waals surface area contributed by atoms with Gasteiger partial charge >= 0.3 is 18.4 Å². The average molecular weight is 674 g/mol. The summed E-state index contributed by atoms with van der Waals surface area (Å²) in [6.07, 6.45) is -10.0. The predicted molar refractivity (Wildman–Crippen MR) is 157 cm³/mol. The number of aryl methyl sites for hydroxylation is 1. The van der Waals surface area contributed by atoms with Gasteiger partial charge in [0.15, 0.2) is 0 Å². The third-order valence-electron chi connectivity index (χ3n) is 8.51. The molecule has 0 N–H and O–H groups in total. The summed E-state index contributed by atoms with van der Waals surface area (Å²) < 4.78 is 100. The maximum atomic E-state index is 14.0. The maximum absolute atomic E-state index is 14.0. The highest BCUT2D eigenvalue weighted by Gasteiger charge is 2.42. The van der Waals surface area contributed by atoms with Gasteiger partial charge in [-0.25, -0.2) is 9.18 Å². The minimum Gasteiger partial charge on any atom is -0.444 e. The largest absolute Gasteiger partial charge is 0.444 e. The zero-order chi connectivity index (χ0) is 35.1. The van der Waals surface area contributed by atoms with Crippen molar-refractivity contribution in [1.29, 1.82) is 0 Å². The Morgan fingerprint density at radius 2 is 1.47 bits per heavy atom. The number of hydrogen-bond donors (Lipinski definition) is 0. The van der Waals surface area contributed by atoms with Gasteiger partial charge in [0, 0.05) is 51.6 Å². The van der Waals surface area contributed by atoms with Gasteiger partial charge in [0.1, 0.15) is 11.4 Å². The lowest BCUT2D eigenvalue weighted by atomic mass is 9.78. The fourth-order valence-corrected chi connectivity index (χ4v) is 6.28. The standard InChI is InChI=1S/C33H38F7N3O4/c1-19-12-24(34)6-7-25(19)27-18-42(28(44)21-8-10-43(17-21)30(46)47-31(2,3)4)11-9-26(27)29(45)41(5)16-20-13-22(32(35,36)37)15-23(14-20)33(38,39)40/h6-7,12-15,21,26-27H,8-11,16-18H2,1-5H3/t21?,26-,27+/m1/s1. The fourth-order valence-electron chi connectivity index (χ4n) is 6.28. The van der Waals surface area contributed by atoms with Gasteiger partial charge in [-0.3, -0.25) is 9.59 Å². The molecule has 2 aromatic rings. The zero-order valence-corrected chi connectivity index (χ0v) is 26.8. The highest BCUT2D eigenvalue weighted by molar-refractivity contribution is 5.83. The summed E-state index contributed by atoms with van der Waals surface area (Å²) in [5, 5.41) is 0. The number of ether oxygens (including phenoxy) is 1. The molecule has 0 spiro atoms. The Kier molecular flexibility index (Phi) is 10.2. The van der Waals surface area contributed by atoms with E-state index in [4.69, 9.17) is 4.74 Å². The van der Waals surface area contributed by atoms with Crippen LogP contribution >= 0.6 is 0 Å². The molecule has 2 aliphatic rings. The lowest BCUT2D eigenvalue weighted by molar-refractivity contribution is -0.144. The van der Waals surface area contributed by atoms with Crippen molar-refractivity contribution in [2.24, 2.45) is 11.8 Å². The SMILES string of the molecule is Cc1cc(F)ccc1[C@@H]1CN(C(=O)C2CCN(C(=O)OC(C)(C)C)C2)CC[C@H]1C(=O)N(C)Cc1cc(C(F)(F)F)cc(C(F)(F)F)c1. The second-order valence-electron chi connectivity index (χ2n) is 13.3. The molecule has 1 unspecified atom stereocenters. The van der Waals surface area contributed by atoms with Gasteiger partial charge in [0.25, 0.3) is 0 Å². The Balaban J connectivity index is 1.56. The molecule has 4 rings (SSSR count). The van der Waals surface area contributed by atoms with Crippen LogP contribution in [0.4, 0.5) is 35.5 Å². The Labute approximate surface area is 268 Å². The number of carbonyl (C=O) groups excluding carboxylic acids is 3. The van der Waals surface area contributed by atoms with Gasteiger partial charge in [0.05, 0.1) is 17.0 Å². The number of rotatable bonds is 5. The summed E-state index contributed by atoms with van der Waals surface area (Å²) in [5.41, 5.74) is -2.90. The van der Waals surface area contributed by atoms with Crippen LogP contribution in [0.5, 0.6) is 0 Å². The van der Waals surface area contributed by atoms with Crippen LogP contribution in [0.3, 0.4) is 0 Å². The molecule has 7 nitrogen and oxygen atoms in total. The first-order valence-corrected chi connectivity index (χ1v) is 15.2. The number of likely N-dealkylation sites (tertiary alicyclic amines) is 2. The van der Waals surface area contributed by atoms with E-state index in [1.807, 2.05) is 0 Å². The van der Waals surface area contributed by atoms with Crippen molar-refractivity contribution in [1.82, 2.24) is 14.7 Å². The minimum absolute atomic E-state index is 0.0302. The Hall–Kier alpha value is -3.84. The van der Waals surface area contributed by atoms with Gasteiger partial charge in [-0.15, -0.1) is 0 Å². The number of benzene rings is 2. The molecule has 0 radical (unpaired) electrons. The van der Waals surface area contributed by atoms with Crippen molar-refractivity contribution in [3.63, 3.8) is 0 Å². The van der Waals surface area contributed by atoms with Gasteiger partial charge in [0.2, 0.25) is 11.8 Å². The normalized spacial score (nSPS) is 20.7. The molecule has 0 saturated carbocycles. The number of carbonyl (C=O) groups is 3. The van der Waals surface area contributed by atoms with Crippen molar-refractivity contribution in [3.05, 3.63) is 70.0 Å². The van der Waals surface area contributed by atoms with Crippen LogP contribution in [0.2, 0.25) is 0 Å². The van der Waals surface area contributed by atoms with E-state index in [1.54, 1.807) is 32.6 Å². The van der Waals surface area contributed by atoms with Gasteiger partial charge in [-0.2, -0.15) is 26.3 Å². The molecule has 0 bridgehead atoms. The molecule has 14 heteroatoms. The van der Waals surface area contributed by atoms with Crippen LogP contribution in [0.1, 0.15) is 67.3 Å². The van der Waals surface area contributed by atoms with Crippen LogP contribution in [0.15, 0.2) is 36.4 Å². The molecule has 3 atom stereocenters. The molecule has 47 heavy (non-hydrogen) atoms. The topological polar surface area (TPSA) is 70.2 Å². The molecule has 2 heterocycles. The first kappa shape index (κ1) is 36.0. The molecule has 2 fully saturated rings. The Morgan fingerprint density at radius 1 is 0.872 bits per heavy atom. The number of amides is 3. The van der Waals surface area contributed by atoms with E-state index in [0.29, 0.717) is 36.2 Å². The molecule has 258 valence electrons. The van der Waals surface area contributed by atoms with E-state index >= 15 is 0 Å². The molecular weight excluding hydrogens is 635 g/mol. The number of piperidine rings is 1. The van der Waals surface area contributed by atoms with E-state index in [1.165, 1.54) is 30.1 Å². The summed E-state index contributed by atoms with van der Waals surface area (Å²) in [6, 6.07) is 5.24. The summed E-state index contributed by atoms with van der Waals surface area (Å²) in [5.74, 6) is -3.20. The van der Waals surface area contributed by atoms with Crippen LogP contribution in [0, 0.1) is 24.6 Å². The third-order valence-corrected chi connectivity index (χ3v) is 8.51. The van der Waals surface area contributed by atoms with Crippen molar-refractivity contribution in [3.8, 4) is 0 Å². The van der Waals surface area contributed by atoms with Crippen molar-refractivity contribution in [2.45, 2.75) is 71.0 Å². The van der Waals surface area contributed by atoms with Crippen LogP contribution in [-0.2, 0) is 33.2 Å². The number of halogens is 7. The highest BCUT2D eigenvalue weighted by Crippen LogP contribution is 2.39. The molecule has 2 aliphatic heterocycles. The highest BCUT2D eigenvalue weighted by atomic mass is 19.4. The maximum Gasteiger partial charge on any atom is 0.416 e. The lowest BCUT2D eigenvalue weighted by Crippen LogP contribution is -2.49. The van der Waals surface area contributed by atoms with E-state index in [9.17, 15) is 45.1 Å². The van der Waals surface area contributed by atoms with Gasteiger partial charge < -0.3 is 19.4 Å². The number of alkyl halides is 6. The second kappa shape index (κ2) is 13.3. The number of nitrogens with zero attached hydrogens (tertiary/aromatic N) is 3. The molecule has 2 saturated heterocycles. The smallest absolute Gasteiger partial charge is 0.416 e. The van der Waals surface area contributed by atoms with E-state index in [-0.39, 0.29) is 43.6 Å². The summed E-state index contributed by atoms with van der Waals surface area (Å²) in [7, 11) is 1.30. The van der Waals surface area contributed by atoms with E-state index < -0.39 is 71.2 Å². The van der Waals surface area contributed by atoms with Crippen LogP contribution in [0.25, 0.3) is 0 Å². The number of hydrogen-bond acceptors (Lipinski definition) is 4. The monoisotopic (exact) mass is 673 g/mol. The fraction of sp³-hybridized carbons (Fsp3) is 0.545. The summed E-state index contributed by atoms with van der Waals surface area (Å²) in [4.78, 5) is 44.2. The van der Waals surface area contributed by atoms with Gasteiger partial charge in [-0.1, -0.05) is 6.07 Å². The quantitative estimate of drug-likeness (QED) is 0.320. The molecular formula is C33H38F7N3O4. The predicted octanol–water partition coefficient (Wildman–Crippen LogP) is 7.02.